The number of hydrogen-bond donors (Lipinski definition) is 1. The summed E-state index contributed by atoms with van der Waals surface area (Å²) >= 11 is 1.67. The molecule has 0 saturated heterocycles. The minimum absolute atomic E-state index is 0.658. The van der Waals surface area contributed by atoms with Crippen molar-refractivity contribution in [2.24, 2.45) is 13.0 Å². The Morgan fingerprint density at radius 1 is 1.38 bits per heavy atom. The highest BCUT2D eigenvalue weighted by atomic mass is 32.2. The van der Waals surface area contributed by atoms with Gasteiger partial charge in [-0.2, -0.15) is 0 Å². The van der Waals surface area contributed by atoms with Crippen LogP contribution in [0.4, 0.5) is 0 Å². The first-order valence-electron chi connectivity index (χ1n) is 7.22. The Kier molecular flexibility index (Phi) is 6.19. The molecular formula is C13H23N7S. The van der Waals surface area contributed by atoms with E-state index in [1.54, 1.807) is 11.8 Å². The van der Waals surface area contributed by atoms with Crippen molar-refractivity contribution in [2.75, 3.05) is 18.8 Å². The number of thioether (sulfide) groups is 1. The van der Waals surface area contributed by atoms with Crippen molar-refractivity contribution in [3.8, 4) is 0 Å². The number of tetrazole rings is 1. The molecule has 0 radical (unpaired) electrons. The second kappa shape index (κ2) is 8.14. The van der Waals surface area contributed by atoms with Gasteiger partial charge in [0, 0.05) is 38.2 Å². The normalized spacial score (nSPS) is 11.4. The summed E-state index contributed by atoms with van der Waals surface area (Å²) in [4.78, 5) is 4.32. The van der Waals surface area contributed by atoms with Crippen LogP contribution in [0.3, 0.4) is 0 Å². The van der Waals surface area contributed by atoms with Gasteiger partial charge in [0.25, 0.3) is 0 Å². The van der Waals surface area contributed by atoms with E-state index < -0.39 is 0 Å². The van der Waals surface area contributed by atoms with Crippen molar-refractivity contribution < 1.29 is 0 Å². The Bertz CT molecular complexity index is 534. The number of nitrogens with zero attached hydrogens (tertiary/aromatic N) is 6. The Morgan fingerprint density at radius 3 is 2.95 bits per heavy atom. The molecule has 0 amide bonds. The van der Waals surface area contributed by atoms with Crippen molar-refractivity contribution in [1.29, 1.82) is 0 Å². The first kappa shape index (κ1) is 16.0. The van der Waals surface area contributed by atoms with Crippen LogP contribution < -0.4 is 5.32 Å². The van der Waals surface area contributed by atoms with Gasteiger partial charge < -0.3 is 9.88 Å². The fourth-order valence-corrected chi connectivity index (χ4v) is 2.73. The van der Waals surface area contributed by atoms with E-state index >= 15 is 0 Å². The van der Waals surface area contributed by atoms with Gasteiger partial charge in [0.1, 0.15) is 5.82 Å². The fraction of sp³-hybridized carbons (Fsp3) is 0.692. The molecule has 2 heterocycles. The van der Waals surface area contributed by atoms with Gasteiger partial charge in [-0.1, -0.05) is 25.6 Å². The molecule has 0 fully saturated rings. The summed E-state index contributed by atoms with van der Waals surface area (Å²) in [5.74, 6) is 2.66. The second-order valence-electron chi connectivity index (χ2n) is 5.34. The van der Waals surface area contributed by atoms with E-state index in [9.17, 15) is 0 Å². The maximum absolute atomic E-state index is 4.32. The Hall–Kier alpha value is -1.41. The molecule has 0 aliphatic rings. The first-order chi connectivity index (χ1) is 10.2. The molecule has 0 atom stereocenters. The smallest absolute Gasteiger partial charge is 0.209 e. The largest absolute Gasteiger partial charge is 0.338 e. The van der Waals surface area contributed by atoms with Gasteiger partial charge in [0.15, 0.2) is 0 Å². The molecule has 0 spiro atoms. The zero-order valence-corrected chi connectivity index (χ0v) is 13.7. The quantitative estimate of drug-likeness (QED) is 0.550. The molecule has 0 saturated carbocycles. The van der Waals surface area contributed by atoms with E-state index in [4.69, 9.17) is 0 Å². The third kappa shape index (κ3) is 5.13. The number of aromatic nitrogens is 6. The molecule has 8 heteroatoms. The zero-order chi connectivity index (χ0) is 15.1. The molecule has 116 valence electrons. The number of rotatable bonds is 9. The summed E-state index contributed by atoms with van der Waals surface area (Å²) in [5, 5.41) is 16.2. The third-order valence-corrected chi connectivity index (χ3v) is 3.99. The molecule has 7 nitrogen and oxygen atoms in total. The van der Waals surface area contributed by atoms with E-state index in [2.05, 4.69) is 39.7 Å². The fourth-order valence-electron chi connectivity index (χ4n) is 1.89. The second-order valence-corrected chi connectivity index (χ2v) is 6.40. The van der Waals surface area contributed by atoms with Crippen LogP contribution in [-0.4, -0.2) is 48.6 Å². The standard InChI is InChI=1S/C13H23N7S/c1-11(2)10-14-5-8-20-13(16-17-18-20)21-9-4-12-15-6-7-19(12)3/h6-7,11,14H,4-5,8-10H2,1-3H3. The number of hydrogen-bond acceptors (Lipinski definition) is 6. The Balaban J connectivity index is 1.74. The lowest BCUT2D eigenvalue weighted by molar-refractivity contribution is 0.482. The average Bonchev–Trinajstić information content (AvgIpc) is 3.05. The van der Waals surface area contributed by atoms with E-state index in [-0.39, 0.29) is 0 Å². The van der Waals surface area contributed by atoms with Crippen molar-refractivity contribution in [2.45, 2.75) is 32.0 Å². The van der Waals surface area contributed by atoms with Crippen molar-refractivity contribution >= 4 is 11.8 Å². The van der Waals surface area contributed by atoms with Crippen molar-refractivity contribution in [1.82, 2.24) is 35.1 Å². The SMILES string of the molecule is CC(C)CNCCn1nnnc1SCCc1nccn1C. The molecule has 0 aromatic carbocycles. The Morgan fingerprint density at radius 2 is 2.24 bits per heavy atom. The van der Waals surface area contributed by atoms with Gasteiger partial charge in [-0.25, -0.2) is 9.67 Å². The summed E-state index contributed by atoms with van der Waals surface area (Å²) in [7, 11) is 2.01. The Labute approximate surface area is 129 Å². The maximum atomic E-state index is 4.32. The molecule has 2 aromatic heterocycles. The molecule has 0 unspecified atom stereocenters. The van der Waals surface area contributed by atoms with Gasteiger partial charge in [0.2, 0.25) is 5.16 Å². The van der Waals surface area contributed by atoms with Crippen LogP contribution in [0.1, 0.15) is 19.7 Å². The van der Waals surface area contributed by atoms with Crippen LogP contribution in [0, 0.1) is 5.92 Å². The van der Waals surface area contributed by atoms with Gasteiger partial charge >= 0.3 is 0 Å². The number of imidazole rings is 1. The molecule has 2 aromatic rings. The zero-order valence-electron chi connectivity index (χ0n) is 12.9. The van der Waals surface area contributed by atoms with Crippen LogP contribution in [0.25, 0.3) is 0 Å². The van der Waals surface area contributed by atoms with Crippen LogP contribution in [0.15, 0.2) is 17.6 Å². The summed E-state index contributed by atoms with van der Waals surface area (Å²) in [6.07, 6.45) is 4.70. The lowest BCUT2D eigenvalue weighted by Gasteiger charge is -2.08. The van der Waals surface area contributed by atoms with Crippen LogP contribution in [0.5, 0.6) is 0 Å². The predicted octanol–water partition coefficient (Wildman–Crippen LogP) is 0.987. The lowest BCUT2D eigenvalue weighted by atomic mass is 10.2. The number of aryl methyl sites for hydroxylation is 2. The topological polar surface area (TPSA) is 73.5 Å². The van der Waals surface area contributed by atoms with Crippen LogP contribution in [-0.2, 0) is 20.0 Å². The maximum Gasteiger partial charge on any atom is 0.209 e. The van der Waals surface area contributed by atoms with E-state index in [0.717, 1.165) is 42.8 Å². The lowest BCUT2D eigenvalue weighted by Crippen LogP contribution is -2.24. The minimum atomic E-state index is 0.658. The van der Waals surface area contributed by atoms with E-state index in [0.29, 0.717) is 5.92 Å². The monoisotopic (exact) mass is 309 g/mol. The molecular weight excluding hydrogens is 286 g/mol. The first-order valence-corrected chi connectivity index (χ1v) is 8.21. The molecule has 0 aliphatic heterocycles. The van der Waals surface area contributed by atoms with Crippen molar-refractivity contribution in [3.05, 3.63) is 18.2 Å². The van der Waals surface area contributed by atoms with E-state index in [1.807, 2.05) is 28.7 Å². The summed E-state index contributed by atoms with van der Waals surface area (Å²) in [6.45, 7) is 7.09. The van der Waals surface area contributed by atoms with Crippen LogP contribution >= 0.6 is 11.8 Å². The third-order valence-electron chi connectivity index (χ3n) is 3.03. The number of nitrogens with one attached hydrogen (secondary N) is 1. The van der Waals surface area contributed by atoms with Crippen LogP contribution in [0.2, 0.25) is 0 Å². The molecule has 2 rings (SSSR count). The van der Waals surface area contributed by atoms with Gasteiger partial charge in [-0.15, -0.1) is 5.10 Å². The molecule has 1 N–H and O–H groups in total. The van der Waals surface area contributed by atoms with E-state index in [1.165, 1.54) is 0 Å². The highest BCUT2D eigenvalue weighted by Gasteiger charge is 2.07. The molecule has 21 heavy (non-hydrogen) atoms. The van der Waals surface area contributed by atoms with Crippen molar-refractivity contribution in [3.63, 3.8) is 0 Å². The summed E-state index contributed by atoms with van der Waals surface area (Å²) in [5.41, 5.74) is 0. The van der Waals surface area contributed by atoms with Gasteiger partial charge in [-0.05, 0) is 22.9 Å². The average molecular weight is 309 g/mol. The summed E-state index contributed by atoms with van der Waals surface area (Å²) in [6, 6.07) is 0. The molecule has 0 aliphatic carbocycles. The predicted molar refractivity (Wildman–Crippen MR) is 83.2 cm³/mol. The molecule has 0 bridgehead atoms. The summed E-state index contributed by atoms with van der Waals surface area (Å²) < 4.78 is 3.90. The van der Waals surface area contributed by atoms with Gasteiger partial charge in [0.05, 0.1) is 6.54 Å². The highest BCUT2D eigenvalue weighted by Crippen LogP contribution is 2.14. The van der Waals surface area contributed by atoms with Gasteiger partial charge in [-0.3, -0.25) is 0 Å². The minimum Gasteiger partial charge on any atom is -0.338 e. The highest BCUT2D eigenvalue weighted by molar-refractivity contribution is 7.99.